The molecule has 27 heavy (non-hydrogen) atoms. The lowest BCUT2D eigenvalue weighted by atomic mass is 9.79. The molecule has 1 aliphatic carbocycles. The van der Waals surface area contributed by atoms with Crippen LogP contribution < -0.4 is 4.74 Å². The smallest absolute Gasteiger partial charge is 0.119 e. The van der Waals surface area contributed by atoms with Gasteiger partial charge in [0.15, 0.2) is 0 Å². The van der Waals surface area contributed by atoms with E-state index in [2.05, 4.69) is 37.3 Å². The Kier molecular flexibility index (Phi) is 11.0. The molecule has 1 saturated carbocycles. The van der Waals surface area contributed by atoms with E-state index < -0.39 is 0 Å². The number of ether oxygens (including phenoxy) is 1. The standard InChI is InChI=1S/C25H39NO/c1-2-3-4-5-6-7-8-9-10-11-20-27-25-18-16-24(17-19-25)23-14-12-22(21-26)13-15-23/h16-19,22-23H,2-15,20H2,1H3. The van der Waals surface area contributed by atoms with E-state index in [1.165, 1.54) is 63.4 Å². The van der Waals surface area contributed by atoms with E-state index in [9.17, 15) is 0 Å². The quantitative estimate of drug-likeness (QED) is 0.332. The summed E-state index contributed by atoms with van der Waals surface area (Å²) in [5.41, 5.74) is 1.41. The first-order valence-electron chi connectivity index (χ1n) is 11.5. The number of hydrogen-bond acceptors (Lipinski definition) is 2. The molecule has 0 heterocycles. The van der Waals surface area contributed by atoms with Crippen LogP contribution in [-0.2, 0) is 0 Å². The zero-order valence-electron chi connectivity index (χ0n) is 17.4. The van der Waals surface area contributed by atoms with Crippen LogP contribution in [0.2, 0.25) is 0 Å². The lowest BCUT2D eigenvalue weighted by molar-refractivity contribution is 0.304. The molecule has 0 saturated heterocycles. The third-order valence-electron chi connectivity index (χ3n) is 6.03. The highest BCUT2D eigenvalue weighted by atomic mass is 16.5. The maximum atomic E-state index is 9.02. The normalized spacial score (nSPS) is 19.6. The lowest BCUT2D eigenvalue weighted by Gasteiger charge is -2.25. The average molecular weight is 370 g/mol. The van der Waals surface area contributed by atoms with Gasteiger partial charge in [-0.05, 0) is 55.7 Å². The van der Waals surface area contributed by atoms with Gasteiger partial charge in [0, 0.05) is 5.92 Å². The predicted molar refractivity (Wildman–Crippen MR) is 114 cm³/mol. The van der Waals surface area contributed by atoms with E-state index in [4.69, 9.17) is 10.00 Å². The second-order valence-corrected chi connectivity index (χ2v) is 8.28. The second kappa shape index (κ2) is 13.6. The number of hydrogen-bond donors (Lipinski definition) is 0. The van der Waals surface area contributed by atoms with Crippen molar-refractivity contribution in [2.75, 3.05) is 6.61 Å². The molecule has 0 aromatic heterocycles. The summed E-state index contributed by atoms with van der Waals surface area (Å²) in [7, 11) is 0. The largest absolute Gasteiger partial charge is 0.494 e. The van der Waals surface area contributed by atoms with Crippen molar-refractivity contribution in [3.63, 3.8) is 0 Å². The van der Waals surface area contributed by atoms with Gasteiger partial charge in [-0.2, -0.15) is 5.26 Å². The van der Waals surface area contributed by atoms with Gasteiger partial charge in [0.1, 0.15) is 5.75 Å². The summed E-state index contributed by atoms with van der Waals surface area (Å²) in [4.78, 5) is 0. The van der Waals surface area contributed by atoms with E-state index in [0.29, 0.717) is 5.92 Å². The summed E-state index contributed by atoms with van der Waals surface area (Å²) in [6, 6.07) is 11.1. The molecule has 0 bridgehead atoms. The third-order valence-corrected chi connectivity index (χ3v) is 6.03. The first-order valence-corrected chi connectivity index (χ1v) is 11.5. The molecular weight excluding hydrogens is 330 g/mol. The fraction of sp³-hybridized carbons (Fsp3) is 0.720. The molecule has 2 nitrogen and oxygen atoms in total. The van der Waals surface area contributed by atoms with Crippen LogP contribution in [0.25, 0.3) is 0 Å². The first-order chi connectivity index (χ1) is 13.3. The molecule has 1 aliphatic rings. The summed E-state index contributed by atoms with van der Waals surface area (Å²) in [5.74, 6) is 1.91. The Morgan fingerprint density at radius 1 is 0.815 bits per heavy atom. The average Bonchev–Trinajstić information content (AvgIpc) is 2.72. The van der Waals surface area contributed by atoms with Crippen molar-refractivity contribution in [1.82, 2.24) is 0 Å². The molecule has 0 N–H and O–H groups in total. The van der Waals surface area contributed by atoms with Crippen molar-refractivity contribution >= 4 is 0 Å². The van der Waals surface area contributed by atoms with Crippen LogP contribution in [0.15, 0.2) is 24.3 Å². The lowest BCUT2D eigenvalue weighted by Crippen LogP contribution is -2.11. The van der Waals surface area contributed by atoms with Crippen LogP contribution in [0.5, 0.6) is 5.75 Å². The van der Waals surface area contributed by atoms with Crippen LogP contribution >= 0.6 is 0 Å². The monoisotopic (exact) mass is 369 g/mol. The van der Waals surface area contributed by atoms with Gasteiger partial charge < -0.3 is 4.74 Å². The Bertz CT molecular complexity index is 522. The van der Waals surface area contributed by atoms with Crippen molar-refractivity contribution in [2.24, 2.45) is 5.92 Å². The molecule has 2 rings (SSSR count). The number of unbranched alkanes of at least 4 members (excludes halogenated alkanes) is 9. The number of benzene rings is 1. The number of nitrogens with zero attached hydrogens (tertiary/aromatic N) is 1. The summed E-state index contributed by atoms with van der Waals surface area (Å²) in [6.07, 6.45) is 18.0. The Balaban J connectivity index is 1.50. The van der Waals surface area contributed by atoms with E-state index in [1.807, 2.05) is 0 Å². The molecule has 0 atom stereocenters. The second-order valence-electron chi connectivity index (χ2n) is 8.28. The van der Waals surface area contributed by atoms with Crippen LogP contribution in [0.3, 0.4) is 0 Å². The molecule has 1 aromatic carbocycles. The van der Waals surface area contributed by atoms with Crippen LogP contribution in [-0.4, -0.2) is 6.61 Å². The van der Waals surface area contributed by atoms with Crippen LogP contribution in [0.1, 0.15) is 108 Å². The van der Waals surface area contributed by atoms with Crippen LogP contribution in [0, 0.1) is 17.2 Å². The minimum Gasteiger partial charge on any atom is -0.494 e. The van der Waals surface area contributed by atoms with E-state index in [1.54, 1.807) is 0 Å². The Labute approximate surface area is 167 Å². The number of rotatable bonds is 13. The Morgan fingerprint density at radius 2 is 1.37 bits per heavy atom. The van der Waals surface area contributed by atoms with Crippen LogP contribution in [0.4, 0.5) is 0 Å². The van der Waals surface area contributed by atoms with Gasteiger partial charge in [-0.1, -0.05) is 76.8 Å². The SMILES string of the molecule is CCCCCCCCCCCCOc1ccc(C2CCC(C#N)CC2)cc1. The molecule has 1 fully saturated rings. The van der Waals surface area contributed by atoms with Crippen molar-refractivity contribution in [2.45, 2.75) is 103 Å². The fourth-order valence-electron chi connectivity index (χ4n) is 4.17. The molecule has 0 aliphatic heterocycles. The highest BCUT2D eigenvalue weighted by Gasteiger charge is 2.21. The molecule has 0 spiro atoms. The highest BCUT2D eigenvalue weighted by molar-refractivity contribution is 5.29. The molecule has 0 amide bonds. The van der Waals surface area contributed by atoms with Crippen molar-refractivity contribution < 1.29 is 4.74 Å². The van der Waals surface area contributed by atoms with Gasteiger partial charge in [0.25, 0.3) is 0 Å². The van der Waals surface area contributed by atoms with Gasteiger partial charge in [0.05, 0.1) is 12.7 Å². The maximum Gasteiger partial charge on any atom is 0.119 e. The Hall–Kier alpha value is -1.49. The summed E-state index contributed by atoms with van der Waals surface area (Å²) in [5, 5.41) is 9.02. The zero-order valence-corrected chi connectivity index (χ0v) is 17.4. The number of nitriles is 1. The topological polar surface area (TPSA) is 33.0 Å². The fourth-order valence-corrected chi connectivity index (χ4v) is 4.17. The summed E-state index contributed by atoms with van der Waals surface area (Å²) >= 11 is 0. The minimum absolute atomic E-state index is 0.282. The zero-order chi connectivity index (χ0) is 19.2. The Morgan fingerprint density at radius 3 is 1.93 bits per heavy atom. The third kappa shape index (κ3) is 8.83. The molecule has 0 radical (unpaired) electrons. The van der Waals surface area contributed by atoms with E-state index >= 15 is 0 Å². The van der Waals surface area contributed by atoms with Gasteiger partial charge in [-0.15, -0.1) is 0 Å². The summed E-state index contributed by atoms with van der Waals surface area (Å²) < 4.78 is 5.91. The van der Waals surface area contributed by atoms with Crippen molar-refractivity contribution in [1.29, 1.82) is 5.26 Å². The molecule has 1 aromatic rings. The highest BCUT2D eigenvalue weighted by Crippen LogP contribution is 2.35. The maximum absolute atomic E-state index is 9.02. The van der Waals surface area contributed by atoms with Crippen molar-refractivity contribution in [3.05, 3.63) is 29.8 Å². The predicted octanol–water partition coefficient (Wildman–Crippen LogP) is 7.78. The first kappa shape index (κ1) is 21.8. The minimum atomic E-state index is 0.282. The molecule has 2 heteroatoms. The molecular formula is C25H39NO. The van der Waals surface area contributed by atoms with Gasteiger partial charge in [-0.25, -0.2) is 0 Å². The molecule has 150 valence electrons. The van der Waals surface area contributed by atoms with Crippen molar-refractivity contribution in [3.8, 4) is 11.8 Å². The van der Waals surface area contributed by atoms with E-state index in [0.717, 1.165) is 44.5 Å². The summed E-state index contributed by atoms with van der Waals surface area (Å²) in [6.45, 7) is 3.11. The van der Waals surface area contributed by atoms with Gasteiger partial charge in [-0.3, -0.25) is 0 Å². The van der Waals surface area contributed by atoms with E-state index in [-0.39, 0.29) is 5.92 Å². The van der Waals surface area contributed by atoms with Gasteiger partial charge >= 0.3 is 0 Å². The molecule has 0 unspecified atom stereocenters. The van der Waals surface area contributed by atoms with Gasteiger partial charge in [0.2, 0.25) is 0 Å².